The van der Waals surface area contributed by atoms with Gasteiger partial charge < -0.3 is 0 Å². The first kappa shape index (κ1) is 10.9. The van der Waals surface area contributed by atoms with Crippen molar-refractivity contribution in [3.05, 3.63) is 9.39 Å². The van der Waals surface area contributed by atoms with Gasteiger partial charge in [-0.2, -0.15) is 0 Å². The van der Waals surface area contributed by atoms with Crippen LogP contribution in [0.15, 0.2) is 0 Å². The molecule has 0 amide bonds. The summed E-state index contributed by atoms with van der Waals surface area (Å²) in [5, 5.41) is 8.22. The van der Waals surface area contributed by atoms with Crippen molar-refractivity contribution in [1.82, 2.24) is 15.0 Å². The number of hydrogen-bond donors (Lipinski definition) is 0. The van der Waals surface area contributed by atoms with Crippen LogP contribution in [0.25, 0.3) is 0 Å². The van der Waals surface area contributed by atoms with Crippen LogP contribution in [-0.4, -0.2) is 15.0 Å². The first-order chi connectivity index (χ1) is 6.29. The molecule has 3 nitrogen and oxygen atoms in total. The van der Waals surface area contributed by atoms with Crippen molar-refractivity contribution in [3.8, 4) is 0 Å². The van der Waals surface area contributed by atoms with E-state index in [1.807, 2.05) is 0 Å². The van der Waals surface area contributed by atoms with Gasteiger partial charge in [-0.1, -0.05) is 31.9 Å². The van der Waals surface area contributed by atoms with Crippen LogP contribution in [0.2, 0.25) is 0 Å². The van der Waals surface area contributed by atoms with Gasteiger partial charge in [-0.05, 0) is 35.4 Å². The summed E-state index contributed by atoms with van der Waals surface area (Å²) in [7, 11) is 0. The van der Waals surface area contributed by atoms with E-state index < -0.39 is 0 Å². The molecule has 0 saturated heterocycles. The maximum atomic E-state index is 4.13. The number of unbranched alkanes of at least 4 members (excludes halogenated alkanes) is 1. The molecule has 1 aromatic heterocycles. The lowest BCUT2D eigenvalue weighted by Gasteiger charge is -2.03. The third-order valence-corrected chi connectivity index (χ3v) is 2.84. The smallest absolute Gasteiger partial charge is 0.146 e. The first-order valence-electron chi connectivity index (χ1n) is 4.87. The maximum absolute atomic E-state index is 4.13. The van der Waals surface area contributed by atoms with Gasteiger partial charge in [-0.15, -0.1) is 5.10 Å². The van der Waals surface area contributed by atoms with Gasteiger partial charge in [0.15, 0.2) is 0 Å². The third-order valence-electron chi connectivity index (χ3n) is 2.00. The second-order valence-corrected chi connectivity index (χ2v) is 4.18. The highest BCUT2D eigenvalue weighted by Crippen LogP contribution is 2.11. The minimum atomic E-state index is 1.02. The average Bonchev–Trinajstić information content (AvgIpc) is 2.46. The van der Waals surface area contributed by atoms with E-state index in [9.17, 15) is 0 Å². The Balaban J connectivity index is 2.68. The van der Waals surface area contributed by atoms with Crippen LogP contribution in [0.5, 0.6) is 0 Å². The van der Waals surface area contributed by atoms with Crippen molar-refractivity contribution in [2.75, 3.05) is 0 Å². The Kier molecular flexibility index (Phi) is 4.69. The van der Waals surface area contributed by atoms with Gasteiger partial charge in [0.25, 0.3) is 0 Å². The highest BCUT2D eigenvalue weighted by atomic mass is 127. The second-order valence-electron chi connectivity index (χ2n) is 3.15. The van der Waals surface area contributed by atoms with Gasteiger partial charge in [-0.25, -0.2) is 4.68 Å². The number of halogens is 1. The molecule has 0 saturated carbocycles. The molecule has 0 radical (unpaired) electrons. The standard InChI is InChI=1S/C9H16IN3/c1-3-5-7-13-8(6-4-2)9(10)11-12-13/h3-7H2,1-2H3. The first-order valence-corrected chi connectivity index (χ1v) is 5.95. The van der Waals surface area contributed by atoms with Gasteiger partial charge in [0.1, 0.15) is 3.70 Å². The lowest BCUT2D eigenvalue weighted by atomic mass is 10.2. The van der Waals surface area contributed by atoms with Crippen molar-refractivity contribution in [2.24, 2.45) is 0 Å². The molecule has 0 unspecified atom stereocenters. The molecule has 0 atom stereocenters. The van der Waals surface area contributed by atoms with Gasteiger partial charge in [0.05, 0.1) is 5.69 Å². The lowest BCUT2D eigenvalue weighted by molar-refractivity contribution is 0.530. The van der Waals surface area contributed by atoms with E-state index in [0.717, 1.165) is 23.1 Å². The van der Waals surface area contributed by atoms with Gasteiger partial charge >= 0.3 is 0 Å². The molecule has 0 aliphatic rings. The molecule has 0 bridgehead atoms. The second kappa shape index (κ2) is 5.57. The number of hydrogen-bond acceptors (Lipinski definition) is 2. The SMILES string of the molecule is CCCCn1nnc(I)c1CCC. The lowest BCUT2D eigenvalue weighted by Crippen LogP contribution is -2.05. The minimum absolute atomic E-state index is 1.02. The molecule has 0 aliphatic heterocycles. The fraction of sp³-hybridized carbons (Fsp3) is 0.778. The average molecular weight is 293 g/mol. The van der Waals surface area contributed by atoms with E-state index in [-0.39, 0.29) is 0 Å². The van der Waals surface area contributed by atoms with Crippen LogP contribution < -0.4 is 0 Å². The minimum Gasteiger partial charge on any atom is -0.248 e. The Hall–Kier alpha value is -0.130. The Labute approximate surface area is 93.0 Å². The van der Waals surface area contributed by atoms with Gasteiger partial charge in [0.2, 0.25) is 0 Å². The summed E-state index contributed by atoms with van der Waals surface area (Å²) < 4.78 is 3.12. The summed E-state index contributed by atoms with van der Waals surface area (Å²) in [6, 6.07) is 0. The van der Waals surface area contributed by atoms with Crippen LogP contribution in [0.4, 0.5) is 0 Å². The Morgan fingerprint density at radius 3 is 2.69 bits per heavy atom. The summed E-state index contributed by atoms with van der Waals surface area (Å²) >= 11 is 2.26. The van der Waals surface area contributed by atoms with E-state index in [1.54, 1.807) is 0 Å². The molecule has 74 valence electrons. The van der Waals surface area contributed by atoms with Crippen LogP contribution in [0, 0.1) is 3.70 Å². The highest BCUT2D eigenvalue weighted by molar-refractivity contribution is 14.1. The van der Waals surface area contributed by atoms with Gasteiger partial charge in [0, 0.05) is 6.54 Å². The molecule has 0 aliphatic carbocycles. The largest absolute Gasteiger partial charge is 0.248 e. The highest BCUT2D eigenvalue weighted by Gasteiger charge is 2.08. The summed E-state index contributed by atoms with van der Waals surface area (Å²) in [6.07, 6.45) is 4.66. The molecule has 0 fully saturated rings. The molecule has 13 heavy (non-hydrogen) atoms. The van der Waals surface area contributed by atoms with Crippen molar-refractivity contribution in [1.29, 1.82) is 0 Å². The fourth-order valence-electron chi connectivity index (χ4n) is 1.27. The normalized spacial score (nSPS) is 10.7. The zero-order valence-electron chi connectivity index (χ0n) is 8.26. The zero-order valence-corrected chi connectivity index (χ0v) is 10.4. The van der Waals surface area contributed by atoms with Crippen molar-refractivity contribution in [2.45, 2.75) is 46.1 Å². The fourth-order valence-corrected chi connectivity index (χ4v) is 1.91. The summed E-state index contributed by atoms with van der Waals surface area (Å²) in [5.74, 6) is 0. The summed E-state index contributed by atoms with van der Waals surface area (Å²) in [6.45, 7) is 5.40. The predicted octanol–water partition coefficient (Wildman–Crippen LogP) is 2.64. The number of aryl methyl sites for hydroxylation is 1. The summed E-state index contributed by atoms with van der Waals surface area (Å²) in [4.78, 5) is 0. The van der Waals surface area contributed by atoms with E-state index in [4.69, 9.17) is 0 Å². The number of nitrogens with zero attached hydrogens (tertiary/aromatic N) is 3. The van der Waals surface area contributed by atoms with Crippen LogP contribution in [0.3, 0.4) is 0 Å². The third kappa shape index (κ3) is 2.93. The molecule has 1 rings (SSSR count). The van der Waals surface area contributed by atoms with Crippen LogP contribution in [-0.2, 0) is 13.0 Å². The number of aromatic nitrogens is 3. The Morgan fingerprint density at radius 1 is 1.31 bits per heavy atom. The summed E-state index contributed by atoms with van der Waals surface area (Å²) in [5.41, 5.74) is 1.30. The molecular formula is C9H16IN3. The Morgan fingerprint density at radius 2 is 2.08 bits per heavy atom. The van der Waals surface area contributed by atoms with Crippen molar-refractivity contribution < 1.29 is 0 Å². The quantitative estimate of drug-likeness (QED) is 0.781. The van der Waals surface area contributed by atoms with Crippen LogP contribution in [0.1, 0.15) is 38.8 Å². The topological polar surface area (TPSA) is 30.7 Å². The van der Waals surface area contributed by atoms with E-state index in [1.165, 1.54) is 18.5 Å². The maximum Gasteiger partial charge on any atom is 0.146 e. The number of rotatable bonds is 5. The molecule has 1 heterocycles. The van der Waals surface area contributed by atoms with E-state index >= 15 is 0 Å². The van der Waals surface area contributed by atoms with Crippen molar-refractivity contribution >= 4 is 22.6 Å². The molecule has 1 aromatic rings. The molecular weight excluding hydrogens is 277 g/mol. The predicted molar refractivity (Wildman–Crippen MR) is 61.6 cm³/mol. The zero-order chi connectivity index (χ0) is 9.68. The van der Waals surface area contributed by atoms with E-state index in [0.29, 0.717) is 0 Å². The molecule has 0 aromatic carbocycles. The Bertz CT molecular complexity index is 257. The van der Waals surface area contributed by atoms with Crippen LogP contribution >= 0.6 is 22.6 Å². The van der Waals surface area contributed by atoms with Crippen molar-refractivity contribution in [3.63, 3.8) is 0 Å². The molecule has 0 spiro atoms. The molecule has 0 N–H and O–H groups in total. The van der Waals surface area contributed by atoms with E-state index in [2.05, 4.69) is 51.4 Å². The van der Waals surface area contributed by atoms with Gasteiger partial charge in [-0.3, -0.25) is 0 Å². The molecule has 4 heteroatoms. The monoisotopic (exact) mass is 293 g/mol.